The second-order valence-corrected chi connectivity index (χ2v) is 3.90. The Bertz CT molecular complexity index is 378. The fourth-order valence-electron chi connectivity index (χ4n) is 0.835. The van der Waals surface area contributed by atoms with Crippen molar-refractivity contribution in [3.63, 3.8) is 0 Å². The molecule has 1 aromatic rings. The smallest absolute Gasteiger partial charge is 0.239 e. The highest BCUT2D eigenvalue weighted by Gasteiger charge is 2.35. The van der Waals surface area contributed by atoms with Crippen molar-refractivity contribution in [3.8, 4) is 0 Å². The highest BCUT2D eigenvalue weighted by molar-refractivity contribution is 14.1. The molecule has 1 nitrogen and oxygen atoms in total. The molecule has 0 fully saturated rings. The van der Waals surface area contributed by atoms with Crippen molar-refractivity contribution < 1.29 is 22.0 Å². The number of rotatable bonds is 1. The summed E-state index contributed by atoms with van der Waals surface area (Å²) in [6.07, 6.45) is -7.82. The Labute approximate surface area is 99.8 Å². The zero-order valence-electron chi connectivity index (χ0n) is 6.75. The first-order valence-corrected chi connectivity index (χ1v) is 4.90. The molecule has 8 heteroatoms. The number of hydrogen-bond donors (Lipinski definition) is 0. The van der Waals surface area contributed by atoms with Crippen molar-refractivity contribution in [3.05, 3.63) is 26.0 Å². The van der Waals surface area contributed by atoms with Crippen molar-refractivity contribution in [2.75, 3.05) is 0 Å². The summed E-state index contributed by atoms with van der Waals surface area (Å²) < 4.78 is 61.0. The van der Waals surface area contributed by atoms with Gasteiger partial charge in [0.15, 0.2) is 0 Å². The van der Waals surface area contributed by atoms with Gasteiger partial charge < -0.3 is 0 Å². The van der Waals surface area contributed by atoms with E-state index in [1.807, 2.05) is 0 Å². The maximum Gasteiger partial charge on any atom is 0.418 e. The monoisotopic (exact) mass is 357 g/mol. The van der Waals surface area contributed by atoms with Gasteiger partial charge in [-0.2, -0.15) is 13.2 Å². The number of aromatic nitrogens is 1. The van der Waals surface area contributed by atoms with Crippen LogP contribution in [-0.4, -0.2) is 4.98 Å². The van der Waals surface area contributed by atoms with Crippen LogP contribution >= 0.6 is 34.2 Å². The summed E-state index contributed by atoms with van der Waals surface area (Å²) in [4.78, 5) is 3.25. The first-order chi connectivity index (χ1) is 6.73. The van der Waals surface area contributed by atoms with Gasteiger partial charge in [-0.25, -0.2) is 13.8 Å². The van der Waals surface area contributed by atoms with Crippen LogP contribution in [0.5, 0.6) is 0 Å². The quantitative estimate of drug-likeness (QED) is 0.415. The second kappa shape index (κ2) is 4.36. The first kappa shape index (κ1) is 12.9. The molecule has 0 aliphatic heterocycles. The Kier molecular flexibility index (Phi) is 3.75. The van der Waals surface area contributed by atoms with Crippen molar-refractivity contribution in [1.29, 1.82) is 0 Å². The predicted octanol–water partition coefficient (Wildman–Crippen LogP) is 4.30. The number of nitrogens with zero attached hydrogens (tertiary/aromatic N) is 1. The van der Waals surface area contributed by atoms with Crippen molar-refractivity contribution in [2.45, 2.75) is 12.6 Å². The molecule has 0 aliphatic rings. The maximum absolute atomic E-state index is 12.3. The topological polar surface area (TPSA) is 12.9 Å². The van der Waals surface area contributed by atoms with E-state index in [-0.39, 0.29) is 9.77 Å². The summed E-state index contributed by atoms with van der Waals surface area (Å²) in [7, 11) is 0. The molecule has 0 atom stereocenters. The van der Waals surface area contributed by atoms with Gasteiger partial charge in [0.25, 0.3) is 6.43 Å². The fourth-order valence-corrected chi connectivity index (χ4v) is 1.61. The molecular formula is C7H2ClF5IN. The van der Waals surface area contributed by atoms with Gasteiger partial charge in [0.2, 0.25) is 0 Å². The summed E-state index contributed by atoms with van der Waals surface area (Å²) in [5, 5.41) is -0.660. The van der Waals surface area contributed by atoms with Crippen LogP contribution in [0, 0.1) is 3.70 Å². The maximum atomic E-state index is 12.3. The van der Waals surface area contributed by atoms with Crippen LogP contribution in [0.25, 0.3) is 0 Å². The van der Waals surface area contributed by atoms with E-state index in [1.165, 1.54) is 22.6 Å². The standard InChI is InChI=1S/C7H2ClF5IN/c8-4-2(7(11,12)13)1-3(5(9)10)15-6(4)14/h1,5H. The van der Waals surface area contributed by atoms with E-state index in [4.69, 9.17) is 11.6 Å². The minimum absolute atomic E-state index is 0.259. The molecule has 0 spiro atoms. The molecule has 0 amide bonds. The Hall–Kier alpha value is -0.180. The molecule has 0 aliphatic carbocycles. The molecule has 0 saturated carbocycles. The molecule has 1 aromatic heterocycles. The third kappa shape index (κ3) is 2.90. The summed E-state index contributed by atoms with van der Waals surface area (Å²) in [5.74, 6) is 0. The van der Waals surface area contributed by atoms with Crippen LogP contribution in [0.1, 0.15) is 17.7 Å². The van der Waals surface area contributed by atoms with Gasteiger partial charge in [-0.1, -0.05) is 11.6 Å². The molecule has 84 valence electrons. The molecule has 0 radical (unpaired) electrons. The molecule has 0 aromatic carbocycles. The molecule has 0 N–H and O–H groups in total. The van der Waals surface area contributed by atoms with Crippen LogP contribution < -0.4 is 0 Å². The number of pyridine rings is 1. The van der Waals surface area contributed by atoms with Crippen LogP contribution in [0.4, 0.5) is 22.0 Å². The van der Waals surface area contributed by atoms with Crippen LogP contribution in [0.2, 0.25) is 5.02 Å². The van der Waals surface area contributed by atoms with E-state index >= 15 is 0 Å². The predicted molar refractivity (Wildman–Crippen MR) is 51.9 cm³/mol. The summed E-state index contributed by atoms with van der Waals surface area (Å²) >= 11 is 6.69. The Morgan fingerprint density at radius 1 is 1.33 bits per heavy atom. The molecule has 15 heavy (non-hydrogen) atoms. The van der Waals surface area contributed by atoms with Gasteiger partial charge in [0.1, 0.15) is 9.39 Å². The lowest BCUT2D eigenvalue weighted by Crippen LogP contribution is -2.09. The van der Waals surface area contributed by atoms with Crippen molar-refractivity contribution in [2.24, 2.45) is 0 Å². The highest BCUT2D eigenvalue weighted by atomic mass is 127. The third-order valence-corrected chi connectivity index (χ3v) is 2.95. The van der Waals surface area contributed by atoms with Crippen LogP contribution in [-0.2, 0) is 6.18 Å². The lowest BCUT2D eigenvalue weighted by atomic mass is 10.2. The van der Waals surface area contributed by atoms with Gasteiger partial charge in [-0.15, -0.1) is 0 Å². The average Bonchev–Trinajstić information content (AvgIpc) is 2.06. The highest BCUT2D eigenvalue weighted by Crippen LogP contribution is 2.37. The molecule has 0 unspecified atom stereocenters. The van der Waals surface area contributed by atoms with Crippen LogP contribution in [0.15, 0.2) is 6.07 Å². The number of hydrogen-bond acceptors (Lipinski definition) is 1. The Morgan fingerprint density at radius 3 is 2.27 bits per heavy atom. The van der Waals surface area contributed by atoms with Gasteiger partial charge in [-0.3, -0.25) is 0 Å². The second-order valence-electron chi connectivity index (χ2n) is 2.50. The summed E-state index contributed by atoms with van der Waals surface area (Å²) in [5.41, 5.74) is -2.23. The Morgan fingerprint density at radius 2 is 1.87 bits per heavy atom. The summed E-state index contributed by atoms with van der Waals surface area (Å²) in [6, 6.07) is 0.259. The van der Waals surface area contributed by atoms with E-state index < -0.39 is 28.9 Å². The SMILES string of the molecule is FC(F)c1cc(C(F)(F)F)c(Cl)c(I)n1. The largest absolute Gasteiger partial charge is 0.418 e. The van der Waals surface area contributed by atoms with E-state index in [1.54, 1.807) is 0 Å². The minimum Gasteiger partial charge on any atom is -0.239 e. The number of halogens is 7. The zero-order chi connectivity index (χ0) is 11.8. The zero-order valence-corrected chi connectivity index (χ0v) is 9.66. The van der Waals surface area contributed by atoms with Gasteiger partial charge in [-0.05, 0) is 28.7 Å². The minimum atomic E-state index is -4.76. The lowest BCUT2D eigenvalue weighted by molar-refractivity contribution is -0.137. The van der Waals surface area contributed by atoms with Crippen LogP contribution in [0.3, 0.4) is 0 Å². The average molecular weight is 357 g/mol. The fraction of sp³-hybridized carbons (Fsp3) is 0.286. The summed E-state index contributed by atoms with van der Waals surface area (Å²) in [6.45, 7) is 0. The lowest BCUT2D eigenvalue weighted by Gasteiger charge is -2.11. The molecule has 1 rings (SSSR count). The van der Waals surface area contributed by atoms with Gasteiger partial charge in [0.05, 0.1) is 10.6 Å². The van der Waals surface area contributed by atoms with Crippen molar-refractivity contribution >= 4 is 34.2 Å². The van der Waals surface area contributed by atoms with E-state index in [9.17, 15) is 22.0 Å². The van der Waals surface area contributed by atoms with Crippen molar-refractivity contribution in [1.82, 2.24) is 4.98 Å². The van der Waals surface area contributed by atoms with E-state index in [0.717, 1.165) is 0 Å². The van der Waals surface area contributed by atoms with Gasteiger partial charge >= 0.3 is 6.18 Å². The van der Waals surface area contributed by atoms with E-state index in [0.29, 0.717) is 0 Å². The normalized spacial score (nSPS) is 12.3. The van der Waals surface area contributed by atoms with Gasteiger partial charge in [0, 0.05) is 0 Å². The third-order valence-electron chi connectivity index (χ3n) is 1.47. The molecule has 0 bridgehead atoms. The molecule has 0 saturated heterocycles. The van der Waals surface area contributed by atoms with E-state index in [2.05, 4.69) is 4.98 Å². The Balaban J connectivity index is 3.38. The molecule has 1 heterocycles. The first-order valence-electron chi connectivity index (χ1n) is 3.44. The molecular weight excluding hydrogens is 355 g/mol. The number of alkyl halides is 5.